The minimum absolute atomic E-state index is 0.0913. The lowest BCUT2D eigenvalue weighted by atomic mass is 9.99. The van der Waals surface area contributed by atoms with E-state index >= 15 is 0 Å². The molecule has 0 spiro atoms. The predicted octanol–water partition coefficient (Wildman–Crippen LogP) is 5.81. The van der Waals surface area contributed by atoms with E-state index in [0.717, 1.165) is 11.1 Å². The summed E-state index contributed by atoms with van der Waals surface area (Å²) < 4.78 is 15.0. The Kier molecular flexibility index (Phi) is 4.55. The lowest BCUT2D eigenvalue weighted by molar-refractivity contribution is 0.630. The third-order valence-corrected chi connectivity index (χ3v) is 5.05. The van der Waals surface area contributed by atoms with Crippen LogP contribution in [0.2, 0.25) is 10.0 Å². The molecular formula is C16H13BrCl2FN. The fourth-order valence-corrected chi connectivity index (χ4v) is 2.87. The monoisotopic (exact) mass is 387 g/mol. The molecule has 0 unspecified atom stereocenters. The second-order valence-electron chi connectivity index (χ2n) is 5.18. The summed E-state index contributed by atoms with van der Waals surface area (Å²) in [4.78, 5) is 0. The van der Waals surface area contributed by atoms with Gasteiger partial charge in [-0.1, -0.05) is 35.3 Å². The van der Waals surface area contributed by atoms with Crippen molar-refractivity contribution in [3.8, 4) is 11.1 Å². The molecule has 0 atom stereocenters. The fourth-order valence-electron chi connectivity index (χ4n) is 2.23. The molecule has 1 saturated carbocycles. The van der Waals surface area contributed by atoms with Crippen LogP contribution in [0.25, 0.3) is 11.1 Å². The summed E-state index contributed by atoms with van der Waals surface area (Å²) in [5.41, 5.74) is 2.27. The summed E-state index contributed by atoms with van der Waals surface area (Å²) in [5, 5.41) is 4.11. The summed E-state index contributed by atoms with van der Waals surface area (Å²) in [6, 6.07) is 9.60. The summed E-state index contributed by atoms with van der Waals surface area (Å²) >= 11 is 15.3. The minimum Gasteiger partial charge on any atom is -0.310 e. The van der Waals surface area contributed by atoms with Crippen LogP contribution in [0.5, 0.6) is 0 Å². The summed E-state index contributed by atoms with van der Waals surface area (Å²) in [5.74, 6) is -0.430. The zero-order valence-corrected chi connectivity index (χ0v) is 14.2. The molecule has 0 heterocycles. The maximum atomic E-state index is 14.4. The highest BCUT2D eigenvalue weighted by molar-refractivity contribution is 9.10. The zero-order chi connectivity index (χ0) is 15.0. The molecule has 2 aromatic carbocycles. The van der Waals surface area contributed by atoms with E-state index in [1.807, 2.05) is 12.1 Å². The van der Waals surface area contributed by atoms with Gasteiger partial charge < -0.3 is 5.32 Å². The van der Waals surface area contributed by atoms with E-state index in [4.69, 9.17) is 23.2 Å². The predicted molar refractivity (Wildman–Crippen MR) is 89.4 cm³/mol. The number of benzene rings is 2. The molecule has 1 aliphatic carbocycles. The van der Waals surface area contributed by atoms with Gasteiger partial charge in [0.25, 0.3) is 0 Å². The van der Waals surface area contributed by atoms with Crippen molar-refractivity contribution in [2.24, 2.45) is 0 Å². The molecule has 0 amide bonds. The third-order valence-electron chi connectivity index (χ3n) is 3.56. The van der Waals surface area contributed by atoms with Gasteiger partial charge in [0, 0.05) is 27.6 Å². The fraction of sp³-hybridized carbons (Fsp3) is 0.250. The van der Waals surface area contributed by atoms with Crippen LogP contribution in [0.15, 0.2) is 34.8 Å². The van der Waals surface area contributed by atoms with Crippen LogP contribution in [-0.4, -0.2) is 6.04 Å². The van der Waals surface area contributed by atoms with E-state index in [9.17, 15) is 4.39 Å². The quantitative estimate of drug-likeness (QED) is 0.651. The van der Waals surface area contributed by atoms with E-state index < -0.39 is 5.82 Å². The van der Waals surface area contributed by atoms with Gasteiger partial charge in [0.2, 0.25) is 0 Å². The SMILES string of the molecule is Fc1c(-c2cc(Cl)ccc2CNC2CC2)ccc(Br)c1Cl. The van der Waals surface area contributed by atoms with E-state index in [0.29, 0.717) is 27.6 Å². The Balaban J connectivity index is 2.03. The van der Waals surface area contributed by atoms with Crippen LogP contribution in [0.4, 0.5) is 4.39 Å². The molecule has 110 valence electrons. The second-order valence-corrected chi connectivity index (χ2v) is 6.85. The van der Waals surface area contributed by atoms with Gasteiger partial charge in [-0.2, -0.15) is 0 Å². The second kappa shape index (κ2) is 6.25. The Morgan fingerprint density at radius 3 is 2.62 bits per heavy atom. The topological polar surface area (TPSA) is 12.0 Å². The highest BCUT2D eigenvalue weighted by Crippen LogP contribution is 2.36. The molecule has 0 radical (unpaired) electrons. The lowest BCUT2D eigenvalue weighted by Gasteiger charge is -2.13. The average molecular weight is 389 g/mol. The third kappa shape index (κ3) is 3.42. The molecule has 0 bridgehead atoms. The van der Waals surface area contributed by atoms with Crippen molar-refractivity contribution in [3.63, 3.8) is 0 Å². The van der Waals surface area contributed by atoms with Crippen LogP contribution < -0.4 is 5.32 Å². The Morgan fingerprint density at radius 1 is 1.14 bits per heavy atom. The molecular weight excluding hydrogens is 376 g/mol. The Bertz CT molecular complexity index is 686. The first-order valence-electron chi connectivity index (χ1n) is 6.72. The summed E-state index contributed by atoms with van der Waals surface area (Å²) in [6.45, 7) is 0.699. The average Bonchev–Trinajstić information content (AvgIpc) is 3.28. The van der Waals surface area contributed by atoms with Crippen LogP contribution in [-0.2, 0) is 6.54 Å². The van der Waals surface area contributed by atoms with Crippen LogP contribution in [0, 0.1) is 5.82 Å². The van der Waals surface area contributed by atoms with Gasteiger partial charge in [0.15, 0.2) is 5.82 Å². The molecule has 0 aliphatic heterocycles. The lowest BCUT2D eigenvalue weighted by Crippen LogP contribution is -2.16. The number of hydrogen-bond acceptors (Lipinski definition) is 1. The number of rotatable bonds is 4. The summed E-state index contributed by atoms with van der Waals surface area (Å²) in [7, 11) is 0. The minimum atomic E-state index is -0.430. The van der Waals surface area contributed by atoms with Gasteiger partial charge in [-0.15, -0.1) is 0 Å². The van der Waals surface area contributed by atoms with Crippen molar-refractivity contribution < 1.29 is 4.39 Å². The van der Waals surface area contributed by atoms with Crippen molar-refractivity contribution in [3.05, 3.63) is 56.2 Å². The van der Waals surface area contributed by atoms with Crippen molar-refractivity contribution >= 4 is 39.1 Å². The maximum absolute atomic E-state index is 14.4. The standard InChI is InChI=1S/C16H13BrCl2FN/c17-14-6-5-12(16(20)15(14)19)13-7-10(18)2-1-9(13)8-21-11-3-4-11/h1-2,5-7,11,21H,3-4,8H2. The first-order chi connectivity index (χ1) is 10.1. The van der Waals surface area contributed by atoms with Crippen LogP contribution >= 0.6 is 39.1 Å². The van der Waals surface area contributed by atoms with Gasteiger partial charge in [-0.3, -0.25) is 0 Å². The van der Waals surface area contributed by atoms with Crippen LogP contribution in [0.3, 0.4) is 0 Å². The van der Waals surface area contributed by atoms with E-state index in [1.54, 1.807) is 18.2 Å². The van der Waals surface area contributed by atoms with E-state index in [-0.39, 0.29) is 5.02 Å². The number of nitrogens with one attached hydrogen (secondary N) is 1. The van der Waals surface area contributed by atoms with Crippen molar-refractivity contribution in [2.45, 2.75) is 25.4 Å². The Morgan fingerprint density at radius 2 is 1.90 bits per heavy atom. The number of halogens is 4. The molecule has 1 aliphatic rings. The van der Waals surface area contributed by atoms with Crippen molar-refractivity contribution in [2.75, 3.05) is 0 Å². The van der Waals surface area contributed by atoms with Gasteiger partial charge >= 0.3 is 0 Å². The largest absolute Gasteiger partial charge is 0.310 e. The zero-order valence-electron chi connectivity index (χ0n) is 11.1. The Hall–Kier alpha value is -0.610. The first kappa shape index (κ1) is 15.3. The molecule has 5 heteroatoms. The molecule has 1 N–H and O–H groups in total. The van der Waals surface area contributed by atoms with Crippen molar-refractivity contribution in [1.82, 2.24) is 5.32 Å². The maximum Gasteiger partial charge on any atom is 0.150 e. The molecule has 0 saturated heterocycles. The summed E-state index contributed by atoms with van der Waals surface area (Å²) in [6.07, 6.45) is 2.42. The van der Waals surface area contributed by atoms with Gasteiger partial charge in [0.05, 0.1) is 5.02 Å². The molecule has 2 aromatic rings. The Labute approximate surface area is 141 Å². The van der Waals surface area contributed by atoms with E-state index in [1.165, 1.54) is 12.8 Å². The molecule has 1 fully saturated rings. The smallest absolute Gasteiger partial charge is 0.150 e. The van der Waals surface area contributed by atoms with Crippen molar-refractivity contribution in [1.29, 1.82) is 0 Å². The highest BCUT2D eigenvalue weighted by atomic mass is 79.9. The van der Waals surface area contributed by atoms with E-state index in [2.05, 4.69) is 21.2 Å². The van der Waals surface area contributed by atoms with Gasteiger partial charge in [0.1, 0.15) is 0 Å². The highest BCUT2D eigenvalue weighted by Gasteiger charge is 2.21. The van der Waals surface area contributed by atoms with Crippen LogP contribution in [0.1, 0.15) is 18.4 Å². The first-order valence-corrected chi connectivity index (χ1v) is 8.27. The normalized spacial score (nSPS) is 14.5. The molecule has 1 nitrogen and oxygen atoms in total. The molecule has 21 heavy (non-hydrogen) atoms. The molecule has 0 aromatic heterocycles. The van der Waals surface area contributed by atoms with Gasteiger partial charge in [-0.25, -0.2) is 4.39 Å². The molecule has 3 rings (SSSR count). The number of hydrogen-bond donors (Lipinski definition) is 1. The van der Waals surface area contributed by atoms with Gasteiger partial charge in [-0.05, 0) is 58.1 Å².